The second-order valence-corrected chi connectivity index (χ2v) is 5.25. The standard InChI is InChI=1S/C14H17NO2S/c1-8-5-6-11(13(17-4)10(8)3)12(16)14-15-9(2)7-18-14/h5-7,12,16H,1-4H3. The molecule has 96 valence electrons. The van der Waals surface area contributed by atoms with Crippen LogP contribution in [0.15, 0.2) is 17.5 Å². The maximum absolute atomic E-state index is 10.4. The molecule has 2 aromatic rings. The van der Waals surface area contributed by atoms with Gasteiger partial charge in [0.15, 0.2) is 0 Å². The van der Waals surface area contributed by atoms with Crippen molar-refractivity contribution >= 4 is 11.3 Å². The minimum atomic E-state index is -0.724. The molecule has 0 amide bonds. The lowest BCUT2D eigenvalue weighted by molar-refractivity contribution is 0.214. The fourth-order valence-corrected chi connectivity index (χ4v) is 2.72. The van der Waals surface area contributed by atoms with Crippen molar-refractivity contribution in [3.8, 4) is 5.75 Å². The van der Waals surface area contributed by atoms with Gasteiger partial charge in [-0.2, -0.15) is 0 Å². The number of hydrogen-bond acceptors (Lipinski definition) is 4. The van der Waals surface area contributed by atoms with Crippen LogP contribution in [0.2, 0.25) is 0 Å². The third-order valence-corrected chi connectivity index (χ3v) is 4.09. The highest BCUT2D eigenvalue weighted by atomic mass is 32.1. The Morgan fingerprint density at radius 1 is 1.28 bits per heavy atom. The number of benzene rings is 1. The second-order valence-electron chi connectivity index (χ2n) is 4.36. The molecule has 0 bridgehead atoms. The van der Waals surface area contributed by atoms with Crippen molar-refractivity contribution in [3.05, 3.63) is 44.9 Å². The fraction of sp³-hybridized carbons (Fsp3) is 0.357. The molecule has 18 heavy (non-hydrogen) atoms. The number of aliphatic hydroxyl groups excluding tert-OH is 1. The normalized spacial score (nSPS) is 12.5. The molecule has 0 saturated carbocycles. The first-order chi connectivity index (χ1) is 8.54. The van der Waals surface area contributed by atoms with Gasteiger partial charge in [0.05, 0.1) is 7.11 Å². The van der Waals surface area contributed by atoms with Crippen LogP contribution < -0.4 is 4.74 Å². The summed E-state index contributed by atoms with van der Waals surface area (Å²) in [4.78, 5) is 4.33. The summed E-state index contributed by atoms with van der Waals surface area (Å²) in [5.74, 6) is 0.746. The van der Waals surface area contributed by atoms with Crippen LogP contribution in [0.25, 0.3) is 0 Å². The summed E-state index contributed by atoms with van der Waals surface area (Å²) >= 11 is 1.47. The summed E-state index contributed by atoms with van der Waals surface area (Å²) in [5.41, 5.74) is 3.91. The summed E-state index contributed by atoms with van der Waals surface area (Å²) in [6.45, 7) is 5.95. The van der Waals surface area contributed by atoms with Gasteiger partial charge in [-0.15, -0.1) is 11.3 Å². The number of ether oxygens (including phenoxy) is 1. The average molecular weight is 263 g/mol. The Labute approximate surface area is 111 Å². The topological polar surface area (TPSA) is 42.4 Å². The lowest BCUT2D eigenvalue weighted by Crippen LogP contribution is -2.04. The molecule has 0 aliphatic carbocycles. The average Bonchev–Trinajstić information content (AvgIpc) is 2.78. The van der Waals surface area contributed by atoms with Gasteiger partial charge in [-0.25, -0.2) is 4.98 Å². The van der Waals surface area contributed by atoms with Crippen molar-refractivity contribution in [2.24, 2.45) is 0 Å². The van der Waals surface area contributed by atoms with E-state index in [0.29, 0.717) is 5.01 Å². The van der Waals surface area contributed by atoms with Gasteiger partial charge in [0.2, 0.25) is 0 Å². The van der Waals surface area contributed by atoms with Crippen molar-refractivity contribution in [2.75, 3.05) is 7.11 Å². The third kappa shape index (κ3) is 2.26. The molecule has 2 rings (SSSR count). The molecule has 0 radical (unpaired) electrons. The predicted octanol–water partition coefficient (Wildman–Crippen LogP) is 3.16. The van der Waals surface area contributed by atoms with E-state index in [1.807, 2.05) is 38.3 Å². The van der Waals surface area contributed by atoms with Gasteiger partial charge in [-0.1, -0.05) is 12.1 Å². The lowest BCUT2D eigenvalue weighted by atomic mass is 10.0. The van der Waals surface area contributed by atoms with Gasteiger partial charge in [-0.3, -0.25) is 0 Å². The van der Waals surface area contributed by atoms with Crippen LogP contribution in [-0.2, 0) is 0 Å². The Kier molecular flexibility index (Phi) is 3.68. The molecule has 1 heterocycles. The van der Waals surface area contributed by atoms with E-state index in [9.17, 15) is 5.11 Å². The summed E-state index contributed by atoms with van der Waals surface area (Å²) in [5, 5.41) is 13.0. The maximum atomic E-state index is 10.4. The maximum Gasteiger partial charge on any atom is 0.134 e. The second kappa shape index (κ2) is 5.08. The largest absolute Gasteiger partial charge is 0.496 e. The minimum Gasteiger partial charge on any atom is -0.496 e. The number of aromatic nitrogens is 1. The first kappa shape index (κ1) is 13.1. The summed E-state index contributed by atoms with van der Waals surface area (Å²) in [6.07, 6.45) is -0.724. The van der Waals surface area contributed by atoms with Gasteiger partial charge < -0.3 is 9.84 Å². The van der Waals surface area contributed by atoms with Gasteiger partial charge in [-0.05, 0) is 31.9 Å². The summed E-state index contributed by atoms with van der Waals surface area (Å²) in [7, 11) is 1.63. The fourth-order valence-electron chi connectivity index (χ4n) is 1.93. The van der Waals surface area contributed by atoms with Crippen LogP contribution in [0.3, 0.4) is 0 Å². The van der Waals surface area contributed by atoms with Crippen molar-refractivity contribution in [3.63, 3.8) is 0 Å². The van der Waals surface area contributed by atoms with E-state index in [0.717, 1.165) is 28.1 Å². The number of hydrogen-bond donors (Lipinski definition) is 1. The Bertz CT molecular complexity index is 563. The molecule has 0 spiro atoms. The van der Waals surface area contributed by atoms with E-state index in [2.05, 4.69) is 4.98 Å². The van der Waals surface area contributed by atoms with E-state index in [-0.39, 0.29) is 0 Å². The molecule has 3 nitrogen and oxygen atoms in total. The van der Waals surface area contributed by atoms with Gasteiger partial charge in [0, 0.05) is 16.6 Å². The van der Waals surface area contributed by atoms with E-state index in [1.165, 1.54) is 11.3 Å². The first-order valence-electron chi connectivity index (χ1n) is 5.78. The molecule has 0 aliphatic rings. The Morgan fingerprint density at radius 3 is 2.56 bits per heavy atom. The van der Waals surface area contributed by atoms with Crippen LogP contribution in [-0.4, -0.2) is 17.2 Å². The number of aryl methyl sites for hydroxylation is 2. The molecule has 1 unspecified atom stereocenters. The summed E-state index contributed by atoms with van der Waals surface area (Å²) < 4.78 is 5.42. The number of methoxy groups -OCH3 is 1. The molecule has 0 fully saturated rings. The molecule has 1 atom stereocenters. The zero-order valence-corrected chi connectivity index (χ0v) is 11.8. The van der Waals surface area contributed by atoms with E-state index < -0.39 is 6.10 Å². The molecule has 0 saturated heterocycles. The molecule has 1 aromatic carbocycles. The third-order valence-electron chi connectivity index (χ3n) is 3.08. The van der Waals surface area contributed by atoms with Crippen LogP contribution >= 0.6 is 11.3 Å². The molecule has 0 aliphatic heterocycles. The zero-order chi connectivity index (χ0) is 13.3. The van der Waals surface area contributed by atoms with E-state index in [4.69, 9.17) is 4.74 Å². The summed E-state index contributed by atoms with van der Waals surface area (Å²) in [6, 6.07) is 3.90. The smallest absolute Gasteiger partial charge is 0.134 e. The lowest BCUT2D eigenvalue weighted by Gasteiger charge is -2.16. The predicted molar refractivity (Wildman–Crippen MR) is 73.4 cm³/mol. The molecule has 1 N–H and O–H groups in total. The number of rotatable bonds is 3. The van der Waals surface area contributed by atoms with Crippen LogP contribution in [0.5, 0.6) is 5.75 Å². The Balaban J connectivity index is 2.48. The highest BCUT2D eigenvalue weighted by molar-refractivity contribution is 7.09. The monoisotopic (exact) mass is 263 g/mol. The number of aliphatic hydroxyl groups is 1. The SMILES string of the molecule is COc1c(C(O)c2nc(C)cs2)ccc(C)c1C. The van der Waals surface area contributed by atoms with Gasteiger partial charge in [0.25, 0.3) is 0 Å². The molecular weight excluding hydrogens is 246 g/mol. The highest BCUT2D eigenvalue weighted by Crippen LogP contribution is 2.34. The quantitative estimate of drug-likeness (QED) is 0.925. The molecule has 1 aromatic heterocycles. The van der Waals surface area contributed by atoms with Crippen molar-refractivity contribution < 1.29 is 9.84 Å². The van der Waals surface area contributed by atoms with E-state index >= 15 is 0 Å². The van der Waals surface area contributed by atoms with Crippen LogP contribution in [0.4, 0.5) is 0 Å². The zero-order valence-electron chi connectivity index (χ0n) is 11.0. The molecule has 4 heteroatoms. The number of thiazole rings is 1. The van der Waals surface area contributed by atoms with Gasteiger partial charge in [0.1, 0.15) is 16.9 Å². The van der Waals surface area contributed by atoms with Gasteiger partial charge >= 0.3 is 0 Å². The Morgan fingerprint density at radius 2 is 2.00 bits per heavy atom. The van der Waals surface area contributed by atoms with Crippen LogP contribution in [0, 0.1) is 20.8 Å². The Hall–Kier alpha value is -1.39. The van der Waals surface area contributed by atoms with Crippen LogP contribution in [0.1, 0.15) is 33.5 Å². The van der Waals surface area contributed by atoms with Crippen molar-refractivity contribution in [1.82, 2.24) is 4.98 Å². The van der Waals surface area contributed by atoms with Crippen molar-refractivity contribution in [1.29, 1.82) is 0 Å². The van der Waals surface area contributed by atoms with E-state index in [1.54, 1.807) is 7.11 Å². The molecular formula is C14H17NO2S. The number of nitrogens with zero attached hydrogens (tertiary/aromatic N) is 1. The highest BCUT2D eigenvalue weighted by Gasteiger charge is 2.20. The minimum absolute atomic E-state index is 0.703. The first-order valence-corrected chi connectivity index (χ1v) is 6.66. The van der Waals surface area contributed by atoms with Crippen molar-refractivity contribution in [2.45, 2.75) is 26.9 Å².